The summed E-state index contributed by atoms with van der Waals surface area (Å²) in [6.07, 6.45) is 5.66. The molecule has 0 aliphatic carbocycles. The lowest BCUT2D eigenvalue weighted by atomic mass is 10.1. The molecule has 5 heteroatoms. The molecule has 0 aliphatic rings. The third kappa shape index (κ3) is 3.10. The van der Waals surface area contributed by atoms with E-state index in [0.29, 0.717) is 10.8 Å². The van der Waals surface area contributed by atoms with Gasteiger partial charge in [0.2, 0.25) is 0 Å². The summed E-state index contributed by atoms with van der Waals surface area (Å²) in [6, 6.07) is 4.01. The zero-order valence-corrected chi connectivity index (χ0v) is 12.9. The summed E-state index contributed by atoms with van der Waals surface area (Å²) < 4.78 is 14.8. The van der Waals surface area contributed by atoms with Crippen molar-refractivity contribution in [1.82, 2.24) is 15.4 Å². The van der Waals surface area contributed by atoms with Crippen molar-refractivity contribution in [2.45, 2.75) is 26.7 Å². The van der Waals surface area contributed by atoms with Crippen molar-refractivity contribution in [3.63, 3.8) is 0 Å². The molecule has 2 heterocycles. The average molecular weight is 293 g/mol. The van der Waals surface area contributed by atoms with Crippen molar-refractivity contribution in [2.75, 3.05) is 13.6 Å². The third-order valence-corrected chi connectivity index (χ3v) is 4.26. The normalized spacial score (nSPS) is 11.9. The molecule has 3 nitrogen and oxygen atoms in total. The molecule has 0 aliphatic heterocycles. The molecular weight excluding hydrogens is 273 g/mol. The highest BCUT2D eigenvalue weighted by Gasteiger charge is 2.13. The van der Waals surface area contributed by atoms with Crippen molar-refractivity contribution < 1.29 is 4.48 Å². The Hall–Kier alpha value is -1.62. The standard InChI is InChI=1S/C15H20FN3S/c1-4-6-11-7-8-18-12-9-14(20-15(11)12)13(19(3)16)10-17-5-2/h7-10,17H,4-6H2,1-3H3/b13-10-. The number of hydrogen-bond donors (Lipinski definition) is 1. The van der Waals surface area contributed by atoms with Crippen LogP contribution < -0.4 is 5.32 Å². The molecule has 2 rings (SSSR count). The predicted molar refractivity (Wildman–Crippen MR) is 84.1 cm³/mol. The van der Waals surface area contributed by atoms with E-state index >= 15 is 0 Å². The van der Waals surface area contributed by atoms with Crippen LogP contribution in [0.5, 0.6) is 0 Å². The molecular formula is C15H20FN3S. The monoisotopic (exact) mass is 293 g/mol. The summed E-state index contributed by atoms with van der Waals surface area (Å²) >= 11 is 1.60. The van der Waals surface area contributed by atoms with Gasteiger partial charge in [-0.15, -0.1) is 15.8 Å². The van der Waals surface area contributed by atoms with Gasteiger partial charge in [-0.2, -0.15) is 0 Å². The molecule has 0 bridgehead atoms. The van der Waals surface area contributed by atoms with E-state index in [1.165, 1.54) is 12.6 Å². The van der Waals surface area contributed by atoms with Gasteiger partial charge in [0.05, 0.1) is 15.1 Å². The number of hydrogen-bond acceptors (Lipinski definition) is 4. The van der Waals surface area contributed by atoms with Crippen LogP contribution in [-0.4, -0.2) is 23.7 Å². The van der Waals surface area contributed by atoms with E-state index in [0.717, 1.165) is 34.5 Å². The van der Waals surface area contributed by atoms with Gasteiger partial charge in [0, 0.05) is 26.0 Å². The van der Waals surface area contributed by atoms with Gasteiger partial charge in [-0.05, 0) is 31.0 Å². The molecule has 2 aromatic rings. The van der Waals surface area contributed by atoms with Crippen molar-refractivity contribution in [3.8, 4) is 0 Å². The van der Waals surface area contributed by atoms with Gasteiger partial charge >= 0.3 is 0 Å². The smallest absolute Gasteiger partial charge is 0.101 e. The Labute approximate surface area is 123 Å². The Balaban J connectivity index is 2.46. The fraction of sp³-hybridized carbons (Fsp3) is 0.400. The number of nitrogens with one attached hydrogen (secondary N) is 1. The van der Waals surface area contributed by atoms with Gasteiger partial charge in [-0.3, -0.25) is 4.98 Å². The molecule has 0 saturated heterocycles. The molecule has 0 spiro atoms. The SMILES string of the molecule is CCCc1ccnc2cc(/C(=C/NCC)N(C)F)sc12. The maximum atomic E-state index is 13.7. The molecule has 0 saturated carbocycles. The molecule has 0 amide bonds. The summed E-state index contributed by atoms with van der Waals surface area (Å²) in [7, 11) is 1.41. The second-order valence-electron chi connectivity index (χ2n) is 4.61. The number of pyridine rings is 1. The number of halogens is 1. The third-order valence-electron chi connectivity index (χ3n) is 3.04. The van der Waals surface area contributed by atoms with Gasteiger partial charge < -0.3 is 5.32 Å². The first-order valence-electron chi connectivity index (χ1n) is 6.88. The lowest BCUT2D eigenvalue weighted by Crippen LogP contribution is -2.10. The topological polar surface area (TPSA) is 28.2 Å². The number of fused-ring (bicyclic) bond motifs is 1. The van der Waals surface area contributed by atoms with Crippen molar-refractivity contribution in [2.24, 2.45) is 0 Å². The zero-order valence-electron chi connectivity index (χ0n) is 12.1. The van der Waals surface area contributed by atoms with Gasteiger partial charge in [0.15, 0.2) is 0 Å². The second-order valence-corrected chi connectivity index (χ2v) is 5.66. The lowest BCUT2D eigenvalue weighted by molar-refractivity contribution is 0.145. The Bertz CT molecular complexity index is 604. The Morgan fingerprint density at radius 3 is 2.95 bits per heavy atom. The van der Waals surface area contributed by atoms with Gasteiger partial charge in [-0.1, -0.05) is 13.3 Å². The van der Waals surface area contributed by atoms with E-state index in [9.17, 15) is 4.48 Å². The molecule has 2 aromatic heterocycles. The van der Waals surface area contributed by atoms with E-state index in [1.54, 1.807) is 17.5 Å². The number of aryl methyl sites for hydroxylation is 1. The van der Waals surface area contributed by atoms with Crippen LogP contribution in [-0.2, 0) is 6.42 Å². The summed E-state index contributed by atoms with van der Waals surface area (Å²) in [5, 5.41) is 3.70. The minimum atomic E-state index is 0.539. The van der Waals surface area contributed by atoms with E-state index in [1.807, 2.05) is 19.2 Å². The molecule has 20 heavy (non-hydrogen) atoms. The number of nitrogens with zero attached hydrogens (tertiary/aromatic N) is 2. The zero-order chi connectivity index (χ0) is 14.5. The van der Waals surface area contributed by atoms with Crippen LogP contribution in [0, 0.1) is 0 Å². The summed E-state index contributed by atoms with van der Waals surface area (Å²) in [5.74, 6) is 0. The van der Waals surface area contributed by atoms with Crippen molar-refractivity contribution in [1.29, 1.82) is 0 Å². The van der Waals surface area contributed by atoms with Crippen LogP contribution in [0.4, 0.5) is 4.48 Å². The molecule has 0 radical (unpaired) electrons. The van der Waals surface area contributed by atoms with E-state index in [-0.39, 0.29) is 0 Å². The highest BCUT2D eigenvalue weighted by Crippen LogP contribution is 2.33. The quantitative estimate of drug-likeness (QED) is 0.817. The molecule has 0 aromatic carbocycles. The van der Waals surface area contributed by atoms with Crippen LogP contribution in [0.15, 0.2) is 24.5 Å². The van der Waals surface area contributed by atoms with Crippen LogP contribution in [0.2, 0.25) is 0 Å². The lowest BCUT2D eigenvalue weighted by Gasteiger charge is -2.10. The average Bonchev–Trinajstić information content (AvgIpc) is 2.84. The summed E-state index contributed by atoms with van der Waals surface area (Å²) in [5.41, 5.74) is 2.77. The summed E-state index contributed by atoms with van der Waals surface area (Å²) in [4.78, 5) is 5.28. The molecule has 0 fully saturated rings. The Morgan fingerprint density at radius 1 is 1.50 bits per heavy atom. The Kier molecular flexibility index (Phi) is 4.95. The van der Waals surface area contributed by atoms with E-state index < -0.39 is 0 Å². The van der Waals surface area contributed by atoms with Crippen LogP contribution in [0.3, 0.4) is 0 Å². The molecule has 108 valence electrons. The predicted octanol–water partition coefficient (Wildman–Crippen LogP) is 3.97. The minimum Gasteiger partial charge on any atom is -0.389 e. The summed E-state index contributed by atoms with van der Waals surface area (Å²) in [6.45, 7) is 4.91. The first-order chi connectivity index (χ1) is 9.67. The largest absolute Gasteiger partial charge is 0.389 e. The van der Waals surface area contributed by atoms with E-state index in [2.05, 4.69) is 23.3 Å². The van der Waals surface area contributed by atoms with Crippen LogP contribution in [0.1, 0.15) is 30.7 Å². The maximum absolute atomic E-state index is 13.7. The Morgan fingerprint density at radius 2 is 2.30 bits per heavy atom. The van der Waals surface area contributed by atoms with Crippen LogP contribution in [0.25, 0.3) is 15.9 Å². The first-order valence-corrected chi connectivity index (χ1v) is 7.69. The number of aromatic nitrogens is 1. The highest BCUT2D eigenvalue weighted by molar-refractivity contribution is 7.20. The van der Waals surface area contributed by atoms with E-state index in [4.69, 9.17) is 0 Å². The maximum Gasteiger partial charge on any atom is 0.101 e. The minimum absolute atomic E-state index is 0.539. The van der Waals surface area contributed by atoms with Crippen molar-refractivity contribution in [3.05, 3.63) is 35.0 Å². The second kappa shape index (κ2) is 6.70. The van der Waals surface area contributed by atoms with Gasteiger partial charge in [0.1, 0.15) is 5.70 Å². The molecule has 1 N–H and O–H groups in total. The fourth-order valence-electron chi connectivity index (χ4n) is 2.09. The first kappa shape index (κ1) is 14.8. The van der Waals surface area contributed by atoms with Gasteiger partial charge in [-0.25, -0.2) is 5.12 Å². The fourth-order valence-corrected chi connectivity index (χ4v) is 3.29. The number of rotatable bonds is 6. The molecule has 0 unspecified atom stereocenters. The highest BCUT2D eigenvalue weighted by atomic mass is 32.1. The number of thiophene rings is 1. The molecule has 0 atom stereocenters. The van der Waals surface area contributed by atoms with Crippen LogP contribution >= 0.6 is 11.3 Å². The van der Waals surface area contributed by atoms with Crippen molar-refractivity contribution >= 4 is 27.3 Å². The van der Waals surface area contributed by atoms with Gasteiger partial charge in [0.25, 0.3) is 0 Å².